The first kappa shape index (κ1) is 21.4. The van der Waals surface area contributed by atoms with Crippen LogP contribution in [0.3, 0.4) is 0 Å². The molecule has 0 spiro atoms. The Hall–Kier alpha value is -2.87. The largest absolute Gasteiger partial charge is 0.353 e. The highest BCUT2D eigenvalue weighted by Gasteiger charge is 2.30. The number of benzene rings is 2. The second-order valence-corrected chi connectivity index (χ2v) is 9.97. The van der Waals surface area contributed by atoms with Gasteiger partial charge in [0.2, 0.25) is 5.91 Å². The summed E-state index contributed by atoms with van der Waals surface area (Å²) in [5.41, 5.74) is 2.10. The van der Waals surface area contributed by atoms with E-state index in [0.717, 1.165) is 18.4 Å². The summed E-state index contributed by atoms with van der Waals surface area (Å²) < 4.78 is 28.3. The molecular formula is C23H27N3O4S. The fourth-order valence-corrected chi connectivity index (χ4v) is 5.95. The van der Waals surface area contributed by atoms with Gasteiger partial charge in [0, 0.05) is 38.2 Å². The van der Waals surface area contributed by atoms with Gasteiger partial charge in [-0.05, 0) is 55.5 Å². The van der Waals surface area contributed by atoms with Gasteiger partial charge in [-0.3, -0.25) is 13.9 Å². The van der Waals surface area contributed by atoms with Crippen molar-refractivity contribution < 1.29 is 18.0 Å². The number of nitrogens with one attached hydrogen (secondary N) is 1. The highest BCUT2D eigenvalue weighted by atomic mass is 32.2. The Morgan fingerprint density at radius 1 is 1.00 bits per heavy atom. The van der Waals surface area contributed by atoms with E-state index in [2.05, 4.69) is 5.32 Å². The van der Waals surface area contributed by atoms with Crippen LogP contribution in [-0.4, -0.2) is 50.8 Å². The second kappa shape index (κ2) is 8.70. The standard InChI is InChI=1S/C23H27N3O4S/c1-17(27)24-20-11-14-25(15-12-20)23(28)19-7-4-9-21(16-19)31(29,30)26-13-5-8-18-6-2-3-10-22(18)26/h2-4,6-7,9-10,16,20H,5,8,11-15H2,1H3,(H,24,27). The predicted octanol–water partition coefficient (Wildman–Crippen LogP) is 2.57. The van der Waals surface area contributed by atoms with E-state index in [4.69, 9.17) is 0 Å². The number of hydrogen-bond acceptors (Lipinski definition) is 4. The highest BCUT2D eigenvalue weighted by molar-refractivity contribution is 7.92. The molecule has 0 radical (unpaired) electrons. The lowest BCUT2D eigenvalue weighted by molar-refractivity contribution is -0.119. The maximum atomic E-state index is 13.4. The number of aryl methyl sites for hydroxylation is 1. The van der Waals surface area contributed by atoms with Gasteiger partial charge < -0.3 is 10.2 Å². The minimum atomic E-state index is -3.77. The van der Waals surface area contributed by atoms with Gasteiger partial charge in [-0.2, -0.15) is 0 Å². The molecule has 4 rings (SSSR count). The van der Waals surface area contributed by atoms with Crippen LogP contribution in [0.1, 0.15) is 42.1 Å². The van der Waals surface area contributed by atoms with Gasteiger partial charge in [0.15, 0.2) is 0 Å². The van der Waals surface area contributed by atoms with Crippen molar-refractivity contribution in [3.8, 4) is 0 Å². The third-order valence-electron chi connectivity index (χ3n) is 5.93. The smallest absolute Gasteiger partial charge is 0.264 e. The molecule has 7 nitrogen and oxygen atoms in total. The molecule has 2 aromatic rings. The Morgan fingerprint density at radius 3 is 2.48 bits per heavy atom. The van der Waals surface area contributed by atoms with E-state index in [1.807, 2.05) is 24.3 Å². The van der Waals surface area contributed by atoms with Gasteiger partial charge in [0.1, 0.15) is 0 Å². The third-order valence-corrected chi connectivity index (χ3v) is 7.74. The van der Waals surface area contributed by atoms with Crippen molar-refractivity contribution in [2.24, 2.45) is 0 Å². The summed E-state index contributed by atoms with van der Waals surface area (Å²) in [7, 11) is -3.77. The minimum absolute atomic E-state index is 0.0676. The summed E-state index contributed by atoms with van der Waals surface area (Å²) in [5.74, 6) is -0.251. The van der Waals surface area contributed by atoms with E-state index in [-0.39, 0.29) is 22.8 Å². The second-order valence-electron chi connectivity index (χ2n) is 8.10. The molecule has 0 atom stereocenters. The summed E-state index contributed by atoms with van der Waals surface area (Å²) in [6.45, 7) is 2.97. The van der Waals surface area contributed by atoms with Crippen LogP contribution < -0.4 is 9.62 Å². The zero-order chi connectivity index (χ0) is 22.0. The predicted molar refractivity (Wildman–Crippen MR) is 118 cm³/mol. The zero-order valence-corrected chi connectivity index (χ0v) is 18.4. The van der Waals surface area contributed by atoms with Crippen molar-refractivity contribution in [1.82, 2.24) is 10.2 Å². The first-order valence-corrected chi connectivity index (χ1v) is 12.1. The van der Waals surface area contributed by atoms with Gasteiger partial charge in [-0.15, -0.1) is 0 Å². The molecule has 0 aliphatic carbocycles. The molecule has 1 fully saturated rings. The number of carbonyl (C=O) groups is 2. The molecule has 8 heteroatoms. The number of likely N-dealkylation sites (tertiary alicyclic amines) is 1. The molecular weight excluding hydrogens is 414 g/mol. The number of rotatable bonds is 4. The molecule has 2 aliphatic rings. The molecule has 0 saturated carbocycles. The topological polar surface area (TPSA) is 86.8 Å². The monoisotopic (exact) mass is 441 g/mol. The van der Waals surface area contributed by atoms with Gasteiger partial charge in [0.05, 0.1) is 10.6 Å². The lowest BCUT2D eigenvalue weighted by Crippen LogP contribution is -2.46. The van der Waals surface area contributed by atoms with Crippen LogP contribution in [0, 0.1) is 0 Å². The molecule has 2 amide bonds. The third kappa shape index (κ3) is 4.44. The molecule has 31 heavy (non-hydrogen) atoms. The summed E-state index contributed by atoms with van der Waals surface area (Å²) >= 11 is 0. The van der Waals surface area contributed by atoms with E-state index >= 15 is 0 Å². The van der Waals surface area contributed by atoms with Crippen molar-refractivity contribution in [2.75, 3.05) is 23.9 Å². The number of fused-ring (bicyclic) bond motifs is 1. The average molecular weight is 442 g/mol. The van der Waals surface area contributed by atoms with E-state index in [1.165, 1.54) is 17.3 Å². The summed E-state index contributed by atoms with van der Waals surface area (Å²) in [5, 5.41) is 2.89. The van der Waals surface area contributed by atoms with Crippen LogP contribution in [0.4, 0.5) is 5.69 Å². The summed E-state index contributed by atoms with van der Waals surface area (Å²) in [4.78, 5) is 26.1. The Bertz CT molecular complexity index is 1090. The molecule has 2 aliphatic heterocycles. The first-order chi connectivity index (χ1) is 14.9. The number of amides is 2. The van der Waals surface area contributed by atoms with E-state index in [9.17, 15) is 18.0 Å². The molecule has 0 unspecified atom stereocenters. The van der Waals surface area contributed by atoms with Gasteiger partial charge in [-0.25, -0.2) is 8.42 Å². The molecule has 2 aromatic carbocycles. The van der Waals surface area contributed by atoms with Crippen molar-refractivity contribution in [2.45, 2.75) is 43.5 Å². The van der Waals surface area contributed by atoms with Gasteiger partial charge in [-0.1, -0.05) is 24.3 Å². The van der Waals surface area contributed by atoms with Crippen LogP contribution >= 0.6 is 0 Å². The van der Waals surface area contributed by atoms with Crippen LogP contribution in [0.2, 0.25) is 0 Å². The van der Waals surface area contributed by atoms with Gasteiger partial charge in [0.25, 0.3) is 15.9 Å². The SMILES string of the molecule is CC(=O)NC1CCN(C(=O)c2cccc(S(=O)(=O)N3CCCc4ccccc43)c2)CC1. The number of sulfonamides is 1. The number of carbonyl (C=O) groups excluding carboxylic acids is 2. The molecule has 1 saturated heterocycles. The Labute approximate surface area is 183 Å². The average Bonchev–Trinajstić information content (AvgIpc) is 2.78. The molecule has 0 bridgehead atoms. The number of anilines is 1. The quantitative estimate of drug-likeness (QED) is 0.790. The van der Waals surface area contributed by atoms with E-state index in [1.54, 1.807) is 23.1 Å². The van der Waals surface area contributed by atoms with Crippen LogP contribution in [0.15, 0.2) is 53.4 Å². The Morgan fingerprint density at radius 2 is 1.74 bits per heavy atom. The lowest BCUT2D eigenvalue weighted by atomic mass is 10.0. The van der Waals surface area contributed by atoms with Crippen LogP contribution in [0.5, 0.6) is 0 Å². The normalized spacial score (nSPS) is 17.2. The number of piperidine rings is 1. The molecule has 2 heterocycles. The highest BCUT2D eigenvalue weighted by Crippen LogP contribution is 2.32. The number of nitrogens with zero attached hydrogens (tertiary/aromatic N) is 2. The maximum Gasteiger partial charge on any atom is 0.264 e. The summed E-state index contributed by atoms with van der Waals surface area (Å²) in [6, 6.07) is 13.9. The van der Waals surface area contributed by atoms with Crippen molar-refractivity contribution in [3.05, 3.63) is 59.7 Å². The number of hydrogen-bond donors (Lipinski definition) is 1. The maximum absolute atomic E-state index is 13.4. The summed E-state index contributed by atoms with van der Waals surface area (Å²) in [6.07, 6.45) is 3.00. The Kier molecular flexibility index (Phi) is 6.00. The van der Waals surface area contributed by atoms with Crippen molar-refractivity contribution in [3.63, 3.8) is 0 Å². The van der Waals surface area contributed by atoms with Crippen LogP contribution in [-0.2, 0) is 21.2 Å². The van der Waals surface area contributed by atoms with E-state index in [0.29, 0.717) is 43.7 Å². The number of para-hydroxylation sites is 1. The molecule has 1 N–H and O–H groups in total. The fourth-order valence-electron chi connectivity index (χ4n) is 4.36. The zero-order valence-electron chi connectivity index (χ0n) is 17.6. The minimum Gasteiger partial charge on any atom is -0.353 e. The van der Waals surface area contributed by atoms with Crippen molar-refractivity contribution >= 4 is 27.5 Å². The fraction of sp³-hybridized carbons (Fsp3) is 0.391. The molecule has 164 valence electrons. The van der Waals surface area contributed by atoms with Crippen LogP contribution in [0.25, 0.3) is 0 Å². The van der Waals surface area contributed by atoms with E-state index < -0.39 is 10.0 Å². The lowest BCUT2D eigenvalue weighted by Gasteiger charge is -2.32. The molecule has 0 aromatic heterocycles. The van der Waals surface area contributed by atoms with Crippen molar-refractivity contribution in [1.29, 1.82) is 0 Å². The van der Waals surface area contributed by atoms with Gasteiger partial charge >= 0.3 is 0 Å². The Balaban J connectivity index is 1.54. The first-order valence-electron chi connectivity index (χ1n) is 10.6.